The van der Waals surface area contributed by atoms with Gasteiger partial charge in [-0.25, -0.2) is 32.1 Å². The number of nitrogens with zero attached hydrogens (tertiary/aromatic N) is 3. The standard InChI is InChI=1S/C20H18F2N4O3S2/c1-12-18(31(23,28)29)30-19(24-12)26-10-2-9-25(20(26)27)15-6-3-13(4-7-15)16-11-14(21)5-8-17(16)22/h3-8,11H,2,9-10H2,1H3,(H2,23,28,29). The Bertz CT molecular complexity index is 1260. The second-order valence-electron chi connectivity index (χ2n) is 7.02. The molecular formula is C20H18F2N4O3S2. The lowest BCUT2D eigenvalue weighted by atomic mass is 10.0. The lowest BCUT2D eigenvalue weighted by Gasteiger charge is -2.34. The van der Waals surface area contributed by atoms with Crippen LogP contribution in [0.5, 0.6) is 0 Å². The molecule has 7 nitrogen and oxygen atoms in total. The summed E-state index contributed by atoms with van der Waals surface area (Å²) in [5.74, 6) is -1.08. The predicted octanol–water partition coefficient (Wildman–Crippen LogP) is 3.88. The van der Waals surface area contributed by atoms with Crippen molar-refractivity contribution >= 4 is 38.2 Å². The highest BCUT2D eigenvalue weighted by atomic mass is 32.2. The van der Waals surface area contributed by atoms with Crippen LogP contribution < -0.4 is 14.9 Å². The summed E-state index contributed by atoms with van der Waals surface area (Å²) in [6, 6.07) is 9.43. The van der Waals surface area contributed by atoms with Crippen LogP contribution in [0.4, 0.5) is 24.4 Å². The second-order valence-corrected chi connectivity index (χ2v) is 9.76. The summed E-state index contributed by atoms with van der Waals surface area (Å²) in [6.07, 6.45) is 0.634. The number of aryl methyl sites for hydroxylation is 1. The summed E-state index contributed by atoms with van der Waals surface area (Å²) in [6.45, 7) is 2.37. The third-order valence-electron chi connectivity index (χ3n) is 4.88. The Morgan fingerprint density at radius 2 is 1.74 bits per heavy atom. The van der Waals surface area contributed by atoms with E-state index in [0.717, 1.165) is 29.5 Å². The van der Waals surface area contributed by atoms with Gasteiger partial charge in [0.2, 0.25) is 10.0 Å². The van der Waals surface area contributed by atoms with Crippen molar-refractivity contribution in [2.75, 3.05) is 22.9 Å². The van der Waals surface area contributed by atoms with Crippen LogP contribution in [-0.2, 0) is 10.0 Å². The smallest absolute Gasteiger partial charge is 0.294 e. The van der Waals surface area contributed by atoms with Crippen LogP contribution in [0.15, 0.2) is 46.7 Å². The number of aromatic nitrogens is 1. The van der Waals surface area contributed by atoms with Crippen molar-refractivity contribution in [1.29, 1.82) is 0 Å². The van der Waals surface area contributed by atoms with Crippen LogP contribution in [0.2, 0.25) is 0 Å². The average Bonchev–Trinajstić information content (AvgIpc) is 3.12. The van der Waals surface area contributed by atoms with Gasteiger partial charge >= 0.3 is 6.03 Å². The molecule has 0 atom stereocenters. The molecule has 1 aliphatic heterocycles. The largest absolute Gasteiger partial charge is 0.330 e. The van der Waals surface area contributed by atoms with Crippen molar-refractivity contribution in [2.45, 2.75) is 17.6 Å². The predicted molar refractivity (Wildman–Crippen MR) is 115 cm³/mol. The number of anilines is 2. The maximum absolute atomic E-state index is 14.0. The number of urea groups is 1. The number of amides is 2. The number of rotatable bonds is 4. The lowest BCUT2D eigenvalue weighted by Crippen LogP contribution is -2.49. The zero-order valence-electron chi connectivity index (χ0n) is 16.4. The molecule has 1 aromatic heterocycles. The van der Waals surface area contributed by atoms with E-state index in [1.807, 2.05) is 0 Å². The molecular weight excluding hydrogens is 446 g/mol. The van der Waals surface area contributed by atoms with Crippen molar-refractivity contribution < 1.29 is 22.0 Å². The highest BCUT2D eigenvalue weighted by Gasteiger charge is 2.31. The average molecular weight is 465 g/mol. The van der Waals surface area contributed by atoms with Gasteiger partial charge in [0, 0.05) is 24.3 Å². The Morgan fingerprint density at radius 1 is 1.06 bits per heavy atom. The minimum Gasteiger partial charge on any atom is -0.294 e. The van der Waals surface area contributed by atoms with E-state index in [9.17, 15) is 22.0 Å². The van der Waals surface area contributed by atoms with E-state index in [0.29, 0.717) is 30.8 Å². The second kappa shape index (κ2) is 7.98. The zero-order valence-corrected chi connectivity index (χ0v) is 18.0. The van der Waals surface area contributed by atoms with Crippen LogP contribution in [0.25, 0.3) is 11.1 Å². The topological polar surface area (TPSA) is 96.6 Å². The third-order valence-corrected chi connectivity index (χ3v) is 7.61. The number of hydrogen-bond donors (Lipinski definition) is 1. The van der Waals surface area contributed by atoms with E-state index in [1.54, 1.807) is 24.3 Å². The van der Waals surface area contributed by atoms with Gasteiger partial charge in [0.25, 0.3) is 0 Å². The number of nitrogens with two attached hydrogens (primary N) is 1. The van der Waals surface area contributed by atoms with Crippen LogP contribution in [-0.4, -0.2) is 32.5 Å². The summed E-state index contributed by atoms with van der Waals surface area (Å²) >= 11 is 0.854. The molecule has 0 radical (unpaired) electrons. The highest BCUT2D eigenvalue weighted by Crippen LogP contribution is 2.33. The number of benzene rings is 2. The molecule has 0 bridgehead atoms. The molecule has 2 aromatic carbocycles. The van der Waals surface area contributed by atoms with E-state index < -0.39 is 21.7 Å². The van der Waals surface area contributed by atoms with E-state index >= 15 is 0 Å². The number of carbonyl (C=O) groups excluding carboxylic acids is 1. The summed E-state index contributed by atoms with van der Waals surface area (Å²) in [7, 11) is -3.93. The fourth-order valence-corrected chi connectivity index (χ4v) is 5.40. The number of carbonyl (C=O) groups is 1. The van der Waals surface area contributed by atoms with Gasteiger partial charge in [-0.3, -0.25) is 9.80 Å². The first kappa shape index (κ1) is 21.3. The molecule has 4 rings (SSSR count). The van der Waals surface area contributed by atoms with Gasteiger partial charge in [0.15, 0.2) is 9.34 Å². The summed E-state index contributed by atoms with van der Waals surface area (Å²) in [4.78, 5) is 20.2. The molecule has 0 unspecified atom stereocenters. The minimum absolute atomic E-state index is 0.0751. The Morgan fingerprint density at radius 3 is 2.39 bits per heavy atom. The van der Waals surface area contributed by atoms with Crippen molar-refractivity contribution in [3.8, 4) is 11.1 Å². The van der Waals surface area contributed by atoms with Gasteiger partial charge in [-0.2, -0.15) is 0 Å². The van der Waals surface area contributed by atoms with Crippen LogP contribution in [0, 0.1) is 18.6 Å². The van der Waals surface area contributed by atoms with Crippen molar-refractivity contribution in [2.24, 2.45) is 5.14 Å². The first-order valence-corrected chi connectivity index (χ1v) is 11.7. The molecule has 31 heavy (non-hydrogen) atoms. The summed E-state index contributed by atoms with van der Waals surface area (Å²) in [5.41, 5.74) is 1.44. The van der Waals surface area contributed by atoms with Gasteiger partial charge in [-0.15, -0.1) is 0 Å². The van der Waals surface area contributed by atoms with Gasteiger partial charge in [0.05, 0.1) is 5.69 Å². The summed E-state index contributed by atoms with van der Waals surface area (Å²) in [5, 5.41) is 5.47. The molecule has 1 saturated heterocycles. The number of primary sulfonamides is 1. The molecule has 2 heterocycles. The highest BCUT2D eigenvalue weighted by molar-refractivity contribution is 7.91. The van der Waals surface area contributed by atoms with Crippen LogP contribution in [0.1, 0.15) is 12.1 Å². The molecule has 0 saturated carbocycles. The maximum atomic E-state index is 14.0. The van der Waals surface area contributed by atoms with Crippen molar-refractivity contribution in [3.63, 3.8) is 0 Å². The zero-order chi connectivity index (χ0) is 22.3. The first-order chi connectivity index (χ1) is 14.6. The quantitative estimate of drug-likeness (QED) is 0.634. The number of thiazole rings is 1. The van der Waals surface area contributed by atoms with Crippen LogP contribution >= 0.6 is 11.3 Å². The number of sulfonamides is 1. The minimum atomic E-state index is -3.93. The molecule has 1 aliphatic rings. The lowest BCUT2D eigenvalue weighted by molar-refractivity contribution is 0.248. The normalized spacial score (nSPS) is 14.9. The van der Waals surface area contributed by atoms with Crippen molar-refractivity contribution in [1.82, 2.24) is 4.98 Å². The molecule has 0 aliphatic carbocycles. The fraction of sp³-hybridized carbons (Fsp3) is 0.200. The fourth-order valence-electron chi connectivity index (χ4n) is 3.43. The molecule has 11 heteroatoms. The van der Waals surface area contributed by atoms with Crippen molar-refractivity contribution in [3.05, 3.63) is 59.8 Å². The molecule has 0 spiro atoms. The first-order valence-electron chi connectivity index (χ1n) is 9.30. The Kier molecular flexibility index (Phi) is 5.50. The van der Waals surface area contributed by atoms with E-state index in [2.05, 4.69) is 4.98 Å². The third kappa shape index (κ3) is 4.16. The summed E-state index contributed by atoms with van der Waals surface area (Å²) < 4.78 is 50.8. The van der Waals surface area contributed by atoms with Crippen LogP contribution in [0.3, 0.4) is 0 Å². The van der Waals surface area contributed by atoms with Gasteiger partial charge < -0.3 is 0 Å². The maximum Gasteiger partial charge on any atom is 0.330 e. The number of hydrogen-bond acceptors (Lipinski definition) is 5. The molecule has 2 N–H and O–H groups in total. The number of halogens is 2. The van der Waals surface area contributed by atoms with E-state index in [1.165, 1.54) is 16.7 Å². The molecule has 3 aromatic rings. The SMILES string of the molecule is Cc1nc(N2CCCN(c3ccc(-c4cc(F)ccc4F)cc3)C2=O)sc1S(N)(=O)=O. The molecule has 2 amide bonds. The Balaban J connectivity index is 1.61. The Hall–Kier alpha value is -2.89. The van der Waals surface area contributed by atoms with E-state index in [-0.39, 0.29) is 26.6 Å². The van der Waals surface area contributed by atoms with Gasteiger partial charge in [-0.1, -0.05) is 23.5 Å². The van der Waals surface area contributed by atoms with E-state index in [4.69, 9.17) is 5.14 Å². The van der Waals surface area contributed by atoms with Gasteiger partial charge in [0.1, 0.15) is 11.6 Å². The molecule has 162 valence electrons. The monoisotopic (exact) mass is 464 g/mol. The van der Waals surface area contributed by atoms with Gasteiger partial charge in [-0.05, 0) is 49.2 Å². The molecule has 1 fully saturated rings. The Labute approximate surface area is 181 Å².